The predicted molar refractivity (Wildman–Crippen MR) is 129 cm³/mol. The van der Waals surface area contributed by atoms with Crippen molar-refractivity contribution in [3.05, 3.63) is 94.9 Å². The first-order valence-electron chi connectivity index (χ1n) is 11.4. The Labute approximate surface area is 191 Å². The molecule has 0 unspecified atom stereocenters. The second-order valence-electron chi connectivity index (χ2n) is 8.89. The van der Waals surface area contributed by atoms with E-state index in [4.69, 9.17) is 0 Å². The molecule has 0 fully saturated rings. The van der Waals surface area contributed by atoms with Gasteiger partial charge in [0.25, 0.3) is 0 Å². The summed E-state index contributed by atoms with van der Waals surface area (Å²) in [6.07, 6.45) is 3.60. The number of aromatic amines is 1. The minimum atomic E-state index is -0.322. The zero-order chi connectivity index (χ0) is 22.4. The van der Waals surface area contributed by atoms with Crippen molar-refractivity contribution in [2.75, 3.05) is 23.3 Å². The highest BCUT2D eigenvalue weighted by atomic mass is 19.1. The molecule has 0 aliphatic carbocycles. The van der Waals surface area contributed by atoms with Gasteiger partial charge in [0.15, 0.2) is 0 Å². The fourth-order valence-corrected chi connectivity index (χ4v) is 5.02. The number of nitrogens with one attached hydrogen (secondary N) is 2. The first-order chi connectivity index (χ1) is 16.1. The maximum absolute atomic E-state index is 13.7. The summed E-state index contributed by atoms with van der Waals surface area (Å²) < 4.78 is 13.7. The zero-order valence-corrected chi connectivity index (χ0v) is 18.3. The lowest BCUT2D eigenvalue weighted by atomic mass is 9.96. The predicted octanol–water partition coefficient (Wildman–Crippen LogP) is 5.46. The number of halogens is 1. The average Bonchev–Trinajstić information content (AvgIpc) is 3.24. The molecule has 0 spiro atoms. The topological polar surface area (TPSA) is 51.4 Å². The van der Waals surface area contributed by atoms with Crippen LogP contribution in [-0.4, -0.2) is 29.0 Å². The first-order valence-corrected chi connectivity index (χ1v) is 11.4. The molecular formula is C27H25FN4O. The number of anilines is 2. The number of hydrogen-bond acceptors (Lipinski definition) is 2. The highest BCUT2D eigenvalue weighted by Crippen LogP contribution is 2.30. The van der Waals surface area contributed by atoms with Crippen molar-refractivity contribution in [2.24, 2.45) is 0 Å². The molecule has 2 N–H and O–H groups in total. The summed E-state index contributed by atoms with van der Waals surface area (Å²) in [6, 6.07) is 19.7. The van der Waals surface area contributed by atoms with Crippen molar-refractivity contribution < 1.29 is 9.18 Å². The van der Waals surface area contributed by atoms with Gasteiger partial charge in [0.2, 0.25) is 0 Å². The minimum Gasteiger partial charge on any atom is -0.367 e. The number of fused-ring (bicyclic) bond motifs is 3. The van der Waals surface area contributed by atoms with Crippen molar-refractivity contribution in [3.63, 3.8) is 0 Å². The highest BCUT2D eigenvalue weighted by Gasteiger charge is 2.23. The Bertz CT molecular complexity index is 1360. The Morgan fingerprint density at radius 1 is 0.879 bits per heavy atom. The molecule has 2 aliphatic heterocycles. The molecule has 166 valence electrons. The molecule has 6 rings (SSSR count). The average molecular weight is 441 g/mol. The van der Waals surface area contributed by atoms with Gasteiger partial charge >= 0.3 is 6.03 Å². The lowest BCUT2D eigenvalue weighted by Crippen LogP contribution is -2.39. The maximum atomic E-state index is 13.7. The number of hydrogen-bond donors (Lipinski definition) is 2. The van der Waals surface area contributed by atoms with E-state index in [0.717, 1.165) is 31.4 Å². The second-order valence-corrected chi connectivity index (χ2v) is 8.89. The monoisotopic (exact) mass is 440 g/mol. The molecule has 0 radical (unpaired) electrons. The number of rotatable bonds is 2. The van der Waals surface area contributed by atoms with Gasteiger partial charge in [-0.15, -0.1) is 0 Å². The van der Waals surface area contributed by atoms with Gasteiger partial charge in [0, 0.05) is 49.0 Å². The van der Waals surface area contributed by atoms with Gasteiger partial charge in [-0.3, -0.25) is 0 Å². The number of carbonyl (C=O) groups is 1. The Balaban J connectivity index is 1.16. The van der Waals surface area contributed by atoms with Crippen LogP contribution >= 0.6 is 0 Å². The molecular weight excluding hydrogens is 415 g/mol. The molecule has 2 amide bonds. The maximum Gasteiger partial charge on any atom is 0.322 e. The Kier molecular flexibility index (Phi) is 4.79. The number of carbonyl (C=O) groups excluding carboxylic acids is 1. The summed E-state index contributed by atoms with van der Waals surface area (Å²) in [6.45, 7) is 3.19. The van der Waals surface area contributed by atoms with Crippen molar-refractivity contribution in [1.82, 2.24) is 9.88 Å². The van der Waals surface area contributed by atoms with E-state index in [1.165, 1.54) is 40.1 Å². The fraction of sp³-hybridized carbons (Fsp3) is 0.222. The smallest absolute Gasteiger partial charge is 0.322 e. The van der Waals surface area contributed by atoms with E-state index >= 15 is 0 Å². The van der Waals surface area contributed by atoms with Crippen LogP contribution in [0.25, 0.3) is 10.9 Å². The number of amides is 2. The molecule has 4 aromatic rings. The van der Waals surface area contributed by atoms with E-state index in [0.29, 0.717) is 24.2 Å². The Morgan fingerprint density at radius 2 is 1.70 bits per heavy atom. The van der Waals surface area contributed by atoms with Crippen molar-refractivity contribution in [1.29, 1.82) is 0 Å². The Morgan fingerprint density at radius 3 is 2.61 bits per heavy atom. The van der Waals surface area contributed by atoms with Gasteiger partial charge in [-0.25, -0.2) is 9.18 Å². The standard InChI is InChI=1S/C27H25FN4O/c28-22-6-8-25-24(14-22)26(15-29-25)30-27(33)32-12-10-19-13-23(7-5-21(19)17-32)31-11-9-18-3-1-2-4-20(18)16-31/h1-8,13-15,29H,9-12,16-17H2,(H,30,33). The van der Waals surface area contributed by atoms with Crippen molar-refractivity contribution >= 4 is 28.3 Å². The quantitative estimate of drug-likeness (QED) is 0.435. The summed E-state index contributed by atoms with van der Waals surface area (Å²) in [5.41, 5.74) is 7.99. The van der Waals surface area contributed by atoms with Crippen LogP contribution in [0.1, 0.15) is 22.3 Å². The van der Waals surface area contributed by atoms with Crippen LogP contribution in [0.4, 0.5) is 20.6 Å². The van der Waals surface area contributed by atoms with Crippen molar-refractivity contribution in [2.45, 2.75) is 25.9 Å². The van der Waals surface area contributed by atoms with Crippen LogP contribution in [0.2, 0.25) is 0 Å². The lowest BCUT2D eigenvalue weighted by molar-refractivity contribution is 0.206. The minimum absolute atomic E-state index is 0.164. The third-order valence-corrected chi connectivity index (χ3v) is 6.87. The largest absolute Gasteiger partial charge is 0.367 e. The number of benzene rings is 3. The third kappa shape index (κ3) is 3.71. The molecule has 1 aromatic heterocycles. The summed E-state index contributed by atoms with van der Waals surface area (Å²) >= 11 is 0. The first kappa shape index (κ1) is 19.9. The van der Waals surface area contributed by atoms with E-state index in [1.54, 1.807) is 12.3 Å². The molecule has 0 saturated carbocycles. The summed E-state index contributed by atoms with van der Waals surface area (Å²) in [4.78, 5) is 20.3. The molecule has 5 nitrogen and oxygen atoms in total. The van der Waals surface area contributed by atoms with E-state index in [9.17, 15) is 9.18 Å². The molecule has 0 saturated heterocycles. The Hall–Kier alpha value is -3.80. The van der Waals surface area contributed by atoms with Crippen LogP contribution in [0, 0.1) is 5.82 Å². The molecule has 0 atom stereocenters. The number of H-pyrrole nitrogens is 1. The van der Waals surface area contributed by atoms with Crippen LogP contribution in [0.5, 0.6) is 0 Å². The van der Waals surface area contributed by atoms with Crippen LogP contribution in [-0.2, 0) is 25.9 Å². The number of urea groups is 1. The number of aromatic nitrogens is 1. The zero-order valence-electron chi connectivity index (χ0n) is 18.3. The van der Waals surface area contributed by atoms with E-state index in [-0.39, 0.29) is 11.8 Å². The molecule has 6 heteroatoms. The van der Waals surface area contributed by atoms with Crippen molar-refractivity contribution in [3.8, 4) is 0 Å². The SMILES string of the molecule is O=C(Nc1c[nH]c2ccc(F)cc12)N1CCc2cc(N3CCc4ccccc4C3)ccc2C1. The molecule has 3 heterocycles. The molecule has 0 bridgehead atoms. The van der Waals surface area contributed by atoms with Gasteiger partial charge < -0.3 is 20.1 Å². The third-order valence-electron chi connectivity index (χ3n) is 6.87. The number of nitrogens with zero attached hydrogens (tertiary/aromatic N) is 2. The van der Waals surface area contributed by atoms with E-state index in [1.807, 2.05) is 4.90 Å². The second kappa shape index (κ2) is 7.96. The normalized spacial score (nSPS) is 15.3. The van der Waals surface area contributed by atoms with Gasteiger partial charge in [0.05, 0.1) is 5.69 Å². The summed E-state index contributed by atoms with van der Waals surface area (Å²) in [5, 5.41) is 3.62. The lowest BCUT2D eigenvalue weighted by Gasteiger charge is -2.33. The molecule has 2 aliphatic rings. The van der Waals surface area contributed by atoms with E-state index in [2.05, 4.69) is 57.7 Å². The van der Waals surface area contributed by atoms with Gasteiger partial charge in [-0.1, -0.05) is 30.3 Å². The van der Waals surface area contributed by atoms with Crippen LogP contribution in [0.15, 0.2) is 66.9 Å². The van der Waals surface area contributed by atoms with Crippen LogP contribution in [0.3, 0.4) is 0 Å². The fourth-order valence-electron chi connectivity index (χ4n) is 5.02. The van der Waals surface area contributed by atoms with Gasteiger partial charge in [-0.05, 0) is 65.4 Å². The summed E-state index contributed by atoms with van der Waals surface area (Å²) in [7, 11) is 0. The highest BCUT2D eigenvalue weighted by molar-refractivity contribution is 6.01. The van der Waals surface area contributed by atoms with Gasteiger partial charge in [0.1, 0.15) is 5.82 Å². The van der Waals surface area contributed by atoms with Crippen LogP contribution < -0.4 is 10.2 Å². The summed E-state index contributed by atoms with van der Waals surface area (Å²) in [5.74, 6) is -0.322. The molecule has 33 heavy (non-hydrogen) atoms. The molecule has 3 aromatic carbocycles. The van der Waals surface area contributed by atoms with E-state index < -0.39 is 0 Å². The van der Waals surface area contributed by atoms with Gasteiger partial charge in [-0.2, -0.15) is 0 Å².